The Kier molecular flexibility index (Phi) is 6.46. The summed E-state index contributed by atoms with van der Waals surface area (Å²) in [6.45, 7) is 0. The largest absolute Gasteiger partial charge is 1.00 e. The molecule has 0 bridgehead atoms. The molecule has 32 valence electrons. The maximum Gasteiger partial charge on any atom is 1.00 e. The zero-order valence-electron chi connectivity index (χ0n) is 3.12. The maximum atomic E-state index is 8.82. The van der Waals surface area contributed by atoms with Gasteiger partial charge in [0.05, 0.1) is 0 Å². The molecule has 0 aromatic heterocycles. The summed E-state index contributed by atoms with van der Waals surface area (Å²) >= 11 is -5.25. The van der Waals surface area contributed by atoms with Gasteiger partial charge in [0, 0.05) is 0 Å². The van der Waals surface area contributed by atoms with E-state index >= 15 is 0 Å². The Hall–Kier alpha value is 1.68. The third-order valence-electron chi connectivity index (χ3n) is 0. The van der Waals surface area contributed by atoms with Crippen LogP contribution in [-0.4, -0.2) is 21.7 Å². The van der Waals surface area contributed by atoms with Crippen LogP contribution in [0.2, 0.25) is 0 Å². The molecule has 2 N–H and O–H groups in total. The number of rotatable bonds is 0. The second-order valence-corrected chi connectivity index (χ2v) is 2.33. The fraction of sp³-hybridized carbons (Fsp3) is 0. The van der Waals surface area contributed by atoms with E-state index in [1.807, 2.05) is 0 Å². The summed E-state index contributed by atoms with van der Waals surface area (Å²) in [4.78, 5) is 0. The first-order valence-corrected chi connectivity index (χ1v) is 3.63. The van der Waals surface area contributed by atoms with Crippen molar-refractivity contribution < 1.29 is 67.4 Å². The van der Waals surface area contributed by atoms with Crippen LogP contribution in [0.3, 0.4) is 0 Å². The molecule has 0 aliphatic rings. The van der Waals surface area contributed by atoms with Gasteiger partial charge in [-0.15, -0.1) is 0 Å². The number of hydrogen-bond donors (Lipinski definition) is 2. The molecule has 0 atom stereocenters. The molecule has 0 aliphatic carbocycles. The molecule has 0 heterocycles. The van der Waals surface area contributed by atoms with Crippen LogP contribution in [0.1, 0.15) is 0 Å². The van der Waals surface area contributed by atoms with Gasteiger partial charge in [-0.25, -0.2) is 0 Å². The summed E-state index contributed by atoms with van der Waals surface area (Å²) in [5.41, 5.74) is 0. The molecular weight excluding hydrogens is 182 g/mol. The molecule has 0 unspecified atom stereocenters. The van der Waals surface area contributed by atoms with Crippen LogP contribution < -0.4 is 51.4 Å². The van der Waals surface area contributed by atoms with Crippen molar-refractivity contribution >= 4 is 13.4 Å². The Labute approximate surface area is 79.3 Å². The van der Waals surface area contributed by atoms with E-state index in [1.165, 1.54) is 0 Å². The molecule has 6 heavy (non-hydrogen) atoms. The van der Waals surface area contributed by atoms with Crippen LogP contribution in [0.5, 0.6) is 0 Å². The van der Waals surface area contributed by atoms with Gasteiger partial charge in [-0.3, -0.25) is 0 Å². The average molecular weight is 184 g/mol. The van der Waals surface area contributed by atoms with Gasteiger partial charge in [-0.2, -0.15) is 0 Å². The third kappa shape index (κ3) is 44.2. The Balaban J connectivity index is 0. The van der Waals surface area contributed by atoms with E-state index in [1.54, 1.807) is 0 Å². The summed E-state index contributed by atoms with van der Waals surface area (Å²) in [7, 11) is 0. The molecule has 4 nitrogen and oxygen atoms in total. The first-order chi connectivity index (χ1) is 2.00. The molecule has 0 saturated heterocycles. The van der Waals surface area contributed by atoms with Gasteiger partial charge >= 0.3 is 80.8 Å². The van der Waals surface area contributed by atoms with Crippen LogP contribution in [-0.2, 0) is 7.67 Å². The molecule has 0 rings (SSSR count). The summed E-state index contributed by atoms with van der Waals surface area (Å²) < 4.78 is 31.9. The van der Waals surface area contributed by atoms with Crippen molar-refractivity contribution in [1.82, 2.24) is 0 Å². The minimum Gasteiger partial charge on any atom is 1.00 e. The molecule has 0 saturated carbocycles. The predicted molar refractivity (Wildman–Crippen MR) is 11.6 cm³/mol. The minimum absolute atomic E-state index is 0. The topological polar surface area (TPSA) is 74.6 Å². The molecule has 0 amide bonds. The third-order valence-corrected chi connectivity index (χ3v) is 0. The molecule has 0 aromatic carbocycles. The van der Waals surface area contributed by atoms with Crippen LogP contribution in [0.4, 0.5) is 0 Å². The Morgan fingerprint density at radius 1 is 1.17 bits per heavy atom. The van der Waals surface area contributed by atoms with Crippen molar-refractivity contribution in [3.05, 3.63) is 0 Å². The zero-order valence-corrected chi connectivity index (χ0v) is 7.96. The standard InChI is InChI=1S/K.H2O4Se/c;1-5(2,3)4/h;(H2,1,2,3,4)/q+1;. The second kappa shape index (κ2) is 3.65. The minimum atomic E-state index is -5.25. The van der Waals surface area contributed by atoms with Crippen molar-refractivity contribution in [1.29, 1.82) is 0 Å². The summed E-state index contributed by atoms with van der Waals surface area (Å²) in [6, 6.07) is 0. The van der Waals surface area contributed by atoms with Gasteiger partial charge < -0.3 is 0 Å². The van der Waals surface area contributed by atoms with Crippen LogP contribution in [0, 0.1) is 0 Å². The molecule has 0 aromatic rings. The molecular formula is H2KO4Se+. The van der Waals surface area contributed by atoms with E-state index in [-0.39, 0.29) is 51.4 Å². The molecule has 0 fully saturated rings. The SMILES string of the molecule is O=[Se](=O)(O)O.[K+]. The van der Waals surface area contributed by atoms with Gasteiger partial charge in [0.15, 0.2) is 0 Å². The van der Waals surface area contributed by atoms with Crippen molar-refractivity contribution in [2.45, 2.75) is 0 Å². The first-order valence-electron chi connectivity index (χ1n) is 0.698. The molecule has 0 aliphatic heterocycles. The van der Waals surface area contributed by atoms with E-state index in [2.05, 4.69) is 0 Å². The normalized spacial score (nSPS) is 9.67. The Morgan fingerprint density at radius 2 is 1.17 bits per heavy atom. The van der Waals surface area contributed by atoms with Crippen molar-refractivity contribution in [2.24, 2.45) is 0 Å². The number of hydrogen-bond acceptors (Lipinski definition) is 2. The fourth-order valence-corrected chi connectivity index (χ4v) is 0. The van der Waals surface area contributed by atoms with Gasteiger partial charge in [0.1, 0.15) is 0 Å². The monoisotopic (exact) mass is 185 g/mol. The van der Waals surface area contributed by atoms with Gasteiger partial charge in [-0.1, -0.05) is 0 Å². The van der Waals surface area contributed by atoms with E-state index in [9.17, 15) is 0 Å². The smallest absolute Gasteiger partial charge is 1.00 e. The summed E-state index contributed by atoms with van der Waals surface area (Å²) in [5.74, 6) is 0. The zero-order chi connectivity index (χ0) is 4.50. The van der Waals surface area contributed by atoms with E-state index < -0.39 is 13.4 Å². The summed E-state index contributed by atoms with van der Waals surface area (Å²) in [6.07, 6.45) is 0. The summed E-state index contributed by atoms with van der Waals surface area (Å²) in [5, 5.41) is 0. The van der Waals surface area contributed by atoms with Gasteiger partial charge in [0.2, 0.25) is 0 Å². The van der Waals surface area contributed by atoms with Gasteiger partial charge in [-0.05, 0) is 0 Å². The van der Waals surface area contributed by atoms with E-state index in [0.717, 1.165) is 0 Å². The Bertz CT molecular complexity index is 90.7. The molecule has 0 spiro atoms. The van der Waals surface area contributed by atoms with Crippen molar-refractivity contribution in [3.63, 3.8) is 0 Å². The van der Waals surface area contributed by atoms with E-state index in [4.69, 9.17) is 16.0 Å². The fourth-order valence-electron chi connectivity index (χ4n) is 0. The van der Waals surface area contributed by atoms with Crippen molar-refractivity contribution in [3.8, 4) is 0 Å². The molecule has 0 radical (unpaired) electrons. The van der Waals surface area contributed by atoms with Crippen LogP contribution >= 0.6 is 0 Å². The predicted octanol–water partition coefficient (Wildman–Crippen LogP) is -4.73. The van der Waals surface area contributed by atoms with Crippen molar-refractivity contribution in [2.75, 3.05) is 0 Å². The first kappa shape index (κ1) is 10.6. The average Bonchev–Trinajstić information content (AvgIpc) is 0.722. The van der Waals surface area contributed by atoms with Crippen LogP contribution in [0.25, 0.3) is 0 Å². The van der Waals surface area contributed by atoms with Crippen LogP contribution in [0.15, 0.2) is 0 Å². The maximum absolute atomic E-state index is 8.82. The van der Waals surface area contributed by atoms with Gasteiger partial charge in [0.25, 0.3) is 0 Å². The molecule has 6 heteroatoms. The second-order valence-electron chi connectivity index (χ2n) is 0.448. The quantitative estimate of drug-likeness (QED) is 0.371. The van der Waals surface area contributed by atoms with E-state index in [0.29, 0.717) is 0 Å². The Morgan fingerprint density at radius 3 is 1.17 bits per heavy atom.